The van der Waals surface area contributed by atoms with Crippen LogP contribution in [0.2, 0.25) is 0 Å². The number of hydrogen-bond acceptors (Lipinski definition) is 7. The Bertz CT molecular complexity index is 1310. The highest BCUT2D eigenvalue weighted by Gasteiger charge is 2.35. The largest absolute Gasteiger partial charge is 0.356 e. The molecule has 0 aliphatic carbocycles. The van der Waals surface area contributed by atoms with Crippen molar-refractivity contribution in [2.45, 2.75) is 25.8 Å². The second kappa shape index (κ2) is 7.16. The Morgan fingerprint density at radius 1 is 1.16 bits per heavy atom. The molecule has 0 N–H and O–H groups in total. The van der Waals surface area contributed by atoms with Crippen molar-refractivity contribution in [1.29, 1.82) is 0 Å². The summed E-state index contributed by atoms with van der Waals surface area (Å²) in [6, 6.07) is 11.6. The van der Waals surface area contributed by atoms with Gasteiger partial charge in [-0.25, -0.2) is 9.97 Å². The van der Waals surface area contributed by atoms with E-state index in [0.717, 1.165) is 59.5 Å². The lowest BCUT2D eigenvalue weighted by Crippen LogP contribution is -2.47. The average Bonchev–Trinajstić information content (AvgIpc) is 3.46. The normalized spacial score (nSPS) is 20.0. The molecule has 0 radical (unpaired) electrons. The molecule has 156 valence electrons. The van der Waals surface area contributed by atoms with Gasteiger partial charge < -0.3 is 14.0 Å². The summed E-state index contributed by atoms with van der Waals surface area (Å²) >= 11 is 1.65. The lowest BCUT2D eigenvalue weighted by molar-refractivity contribution is 0.279. The summed E-state index contributed by atoms with van der Waals surface area (Å²) < 4.78 is 7.46. The summed E-state index contributed by atoms with van der Waals surface area (Å²) in [6.07, 6.45) is 2.95. The predicted octanol–water partition coefficient (Wildman–Crippen LogP) is 3.95. The molecule has 0 spiro atoms. The molecule has 0 amide bonds. The van der Waals surface area contributed by atoms with E-state index in [1.54, 1.807) is 17.4 Å². The van der Waals surface area contributed by atoms with Gasteiger partial charge in [0.05, 0.1) is 21.8 Å². The van der Waals surface area contributed by atoms with Crippen LogP contribution in [0, 0.1) is 12.8 Å². The molecule has 2 atom stereocenters. The van der Waals surface area contributed by atoms with Crippen molar-refractivity contribution in [3.8, 4) is 21.9 Å². The van der Waals surface area contributed by atoms with Crippen molar-refractivity contribution in [1.82, 2.24) is 19.7 Å². The Morgan fingerprint density at radius 3 is 2.90 bits per heavy atom. The Balaban J connectivity index is 1.39. The van der Waals surface area contributed by atoms with Crippen LogP contribution < -0.4 is 10.5 Å². The maximum atomic E-state index is 12.3. The van der Waals surface area contributed by atoms with E-state index < -0.39 is 0 Å². The van der Waals surface area contributed by atoms with Crippen LogP contribution in [0.4, 0.5) is 5.95 Å². The Morgan fingerprint density at radius 2 is 2.10 bits per heavy atom. The van der Waals surface area contributed by atoms with Crippen molar-refractivity contribution in [3.05, 3.63) is 69.7 Å². The van der Waals surface area contributed by atoms with E-state index in [2.05, 4.69) is 22.2 Å². The minimum absolute atomic E-state index is 0.101. The second-order valence-corrected chi connectivity index (χ2v) is 9.29. The summed E-state index contributed by atoms with van der Waals surface area (Å²) in [5, 5.41) is 6.08. The number of anilines is 1. The first-order valence-electron chi connectivity index (χ1n) is 10.4. The number of aromatic nitrogens is 4. The van der Waals surface area contributed by atoms with E-state index in [-0.39, 0.29) is 5.56 Å². The van der Waals surface area contributed by atoms with Crippen LogP contribution in [-0.4, -0.2) is 32.8 Å². The van der Waals surface area contributed by atoms with Crippen molar-refractivity contribution >= 4 is 17.3 Å². The maximum absolute atomic E-state index is 12.3. The molecule has 6 rings (SSSR count). The Kier molecular flexibility index (Phi) is 4.27. The molecule has 4 aromatic rings. The fourth-order valence-electron chi connectivity index (χ4n) is 4.86. The highest BCUT2D eigenvalue weighted by Crippen LogP contribution is 2.38. The number of piperidine rings is 1. The van der Waals surface area contributed by atoms with E-state index in [4.69, 9.17) is 14.5 Å². The first kappa shape index (κ1) is 18.5. The predicted molar refractivity (Wildman–Crippen MR) is 119 cm³/mol. The van der Waals surface area contributed by atoms with Crippen LogP contribution in [0.25, 0.3) is 21.9 Å². The number of rotatable bonds is 3. The van der Waals surface area contributed by atoms with Gasteiger partial charge in [0.15, 0.2) is 5.76 Å². The monoisotopic (exact) mass is 431 g/mol. The van der Waals surface area contributed by atoms with Gasteiger partial charge in [0.25, 0.3) is 5.56 Å². The zero-order chi connectivity index (χ0) is 20.9. The summed E-state index contributed by atoms with van der Waals surface area (Å²) in [6.45, 7) is 4.32. The third kappa shape index (κ3) is 3.18. The van der Waals surface area contributed by atoms with Gasteiger partial charge >= 0.3 is 0 Å². The molecular weight excluding hydrogens is 410 g/mol. The minimum Gasteiger partial charge on any atom is -0.356 e. The van der Waals surface area contributed by atoms with E-state index in [0.29, 0.717) is 17.6 Å². The average molecular weight is 432 g/mol. The number of pyridine rings is 1. The second-order valence-electron chi connectivity index (χ2n) is 8.35. The van der Waals surface area contributed by atoms with Crippen LogP contribution in [0.3, 0.4) is 0 Å². The van der Waals surface area contributed by atoms with E-state index in [1.807, 2.05) is 41.3 Å². The van der Waals surface area contributed by atoms with Crippen LogP contribution in [0.1, 0.15) is 23.7 Å². The van der Waals surface area contributed by atoms with Gasteiger partial charge in [0, 0.05) is 49.6 Å². The van der Waals surface area contributed by atoms with Gasteiger partial charge in [-0.1, -0.05) is 17.3 Å². The molecule has 0 aromatic carbocycles. The molecule has 1 saturated heterocycles. The number of hydrogen-bond donors (Lipinski definition) is 0. The van der Waals surface area contributed by atoms with Crippen LogP contribution in [-0.2, 0) is 6.54 Å². The highest BCUT2D eigenvalue weighted by atomic mass is 32.1. The molecule has 2 aliphatic heterocycles. The third-order valence-corrected chi connectivity index (χ3v) is 7.06. The number of thiophene rings is 1. The molecule has 1 fully saturated rings. The molecule has 31 heavy (non-hydrogen) atoms. The van der Waals surface area contributed by atoms with E-state index in [9.17, 15) is 4.79 Å². The lowest BCUT2D eigenvalue weighted by atomic mass is 9.83. The quantitative estimate of drug-likeness (QED) is 0.489. The number of fused-ring (bicyclic) bond motifs is 4. The van der Waals surface area contributed by atoms with Crippen LogP contribution in [0.15, 0.2) is 57.3 Å². The summed E-state index contributed by atoms with van der Waals surface area (Å²) in [7, 11) is 0. The molecule has 2 aliphatic rings. The molecule has 6 heterocycles. The minimum atomic E-state index is 0.101. The van der Waals surface area contributed by atoms with Gasteiger partial charge in [0.2, 0.25) is 5.95 Å². The Labute approximate surface area is 183 Å². The van der Waals surface area contributed by atoms with Gasteiger partial charge in [-0.05, 0) is 36.8 Å². The molecule has 8 heteroatoms. The number of aryl methyl sites for hydroxylation is 1. The first-order chi connectivity index (χ1) is 15.2. The Hall–Kier alpha value is -3.26. The van der Waals surface area contributed by atoms with Crippen molar-refractivity contribution in [2.24, 2.45) is 5.92 Å². The molecule has 4 aromatic heterocycles. The fourth-order valence-corrected chi connectivity index (χ4v) is 5.58. The molecular formula is C23H21N5O2S. The first-order valence-corrected chi connectivity index (χ1v) is 11.3. The van der Waals surface area contributed by atoms with Gasteiger partial charge in [-0.15, -0.1) is 11.3 Å². The van der Waals surface area contributed by atoms with Crippen LogP contribution >= 0.6 is 11.3 Å². The highest BCUT2D eigenvalue weighted by molar-refractivity contribution is 7.13. The van der Waals surface area contributed by atoms with Gasteiger partial charge in [-0.2, -0.15) is 0 Å². The smallest absolute Gasteiger partial charge is 0.250 e. The van der Waals surface area contributed by atoms with Crippen molar-refractivity contribution in [3.63, 3.8) is 0 Å². The van der Waals surface area contributed by atoms with Gasteiger partial charge in [0.1, 0.15) is 0 Å². The molecule has 2 bridgehead atoms. The third-order valence-electron chi connectivity index (χ3n) is 6.19. The summed E-state index contributed by atoms with van der Waals surface area (Å²) in [4.78, 5) is 25.4. The topological polar surface area (TPSA) is 77.0 Å². The number of nitrogens with zero attached hydrogens (tertiary/aromatic N) is 5. The molecule has 0 saturated carbocycles. The fraction of sp³-hybridized carbons (Fsp3) is 0.304. The SMILES string of the molecule is Cc1cc(-c2cnc(N3C[C@@H]4C[C@@H](C3)c3cccc(=O)n3C4)nc2-c2cccs2)on1. The lowest BCUT2D eigenvalue weighted by Gasteiger charge is -2.42. The van der Waals surface area contributed by atoms with Crippen molar-refractivity contribution < 1.29 is 4.52 Å². The molecule has 0 unspecified atom stereocenters. The summed E-state index contributed by atoms with van der Waals surface area (Å²) in [5.41, 5.74) is 3.77. The standard InChI is InChI=1S/C23H21N5O2S/c1-14-8-19(30-26-14)17-10-24-23(25-22(17)20-5-3-7-31-20)27-11-15-9-16(13-27)18-4-2-6-21(29)28(18)12-15/h2-8,10,15-16H,9,11-13H2,1H3/t15-,16-/m0/s1. The zero-order valence-corrected chi connectivity index (χ0v) is 17.9. The molecule has 7 nitrogen and oxygen atoms in total. The van der Waals surface area contributed by atoms with E-state index >= 15 is 0 Å². The maximum Gasteiger partial charge on any atom is 0.250 e. The zero-order valence-electron chi connectivity index (χ0n) is 17.1. The van der Waals surface area contributed by atoms with Gasteiger partial charge in [-0.3, -0.25) is 4.79 Å². The van der Waals surface area contributed by atoms with Crippen LogP contribution in [0.5, 0.6) is 0 Å². The summed E-state index contributed by atoms with van der Waals surface area (Å²) in [5.74, 6) is 2.13. The van der Waals surface area contributed by atoms with E-state index in [1.165, 1.54) is 0 Å². The van der Waals surface area contributed by atoms with Crippen molar-refractivity contribution in [2.75, 3.05) is 18.0 Å².